The molecule has 3 N–H and O–H groups in total. The lowest BCUT2D eigenvalue weighted by Crippen LogP contribution is -2.28. The predicted molar refractivity (Wildman–Crippen MR) is 63.1 cm³/mol. The van der Waals surface area contributed by atoms with E-state index in [9.17, 15) is 9.59 Å². The average molecular weight is 234 g/mol. The summed E-state index contributed by atoms with van der Waals surface area (Å²) in [5, 5.41) is 8.93. The summed E-state index contributed by atoms with van der Waals surface area (Å²) in [4.78, 5) is 24.2. The number of aromatic carboxylic acids is 1. The van der Waals surface area contributed by atoms with Gasteiger partial charge >= 0.3 is 5.97 Å². The summed E-state index contributed by atoms with van der Waals surface area (Å²) < 4.78 is 0. The van der Waals surface area contributed by atoms with Crippen molar-refractivity contribution in [2.24, 2.45) is 5.73 Å². The normalized spacial score (nSPS) is 19.8. The van der Waals surface area contributed by atoms with E-state index in [2.05, 4.69) is 0 Å². The summed E-state index contributed by atoms with van der Waals surface area (Å²) in [5.41, 5.74) is 7.42. The fourth-order valence-corrected chi connectivity index (χ4v) is 2.00. The van der Waals surface area contributed by atoms with Crippen LogP contribution in [-0.2, 0) is 4.79 Å². The zero-order valence-corrected chi connectivity index (χ0v) is 9.51. The Morgan fingerprint density at radius 3 is 2.76 bits per heavy atom. The number of hydrogen-bond donors (Lipinski definition) is 2. The Hall–Kier alpha value is -1.88. The van der Waals surface area contributed by atoms with Crippen molar-refractivity contribution in [1.82, 2.24) is 0 Å². The molecular weight excluding hydrogens is 220 g/mol. The topological polar surface area (TPSA) is 83.6 Å². The first-order chi connectivity index (χ1) is 7.99. The van der Waals surface area contributed by atoms with Gasteiger partial charge in [-0.3, -0.25) is 4.79 Å². The highest BCUT2D eigenvalue weighted by atomic mass is 16.4. The summed E-state index contributed by atoms with van der Waals surface area (Å²) in [6.45, 7) is 2.29. The monoisotopic (exact) mass is 234 g/mol. The van der Waals surface area contributed by atoms with Gasteiger partial charge in [0.1, 0.15) is 0 Å². The number of carbonyl (C=O) groups excluding carboxylic acids is 1. The Bertz CT molecular complexity index is 485. The summed E-state index contributed by atoms with van der Waals surface area (Å²) in [6.07, 6.45) is 0.316. The van der Waals surface area contributed by atoms with Crippen molar-refractivity contribution in [3.05, 3.63) is 29.3 Å². The average Bonchev–Trinajstić information content (AvgIpc) is 2.58. The molecule has 1 atom stereocenters. The second kappa shape index (κ2) is 4.18. The van der Waals surface area contributed by atoms with E-state index < -0.39 is 5.97 Å². The van der Waals surface area contributed by atoms with Gasteiger partial charge in [0.2, 0.25) is 5.91 Å². The van der Waals surface area contributed by atoms with Gasteiger partial charge in [-0.05, 0) is 24.6 Å². The van der Waals surface area contributed by atoms with Crippen LogP contribution in [0.2, 0.25) is 0 Å². The van der Waals surface area contributed by atoms with Gasteiger partial charge in [-0.15, -0.1) is 0 Å². The summed E-state index contributed by atoms with van der Waals surface area (Å²) >= 11 is 0. The highest BCUT2D eigenvalue weighted by Crippen LogP contribution is 2.26. The van der Waals surface area contributed by atoms with Crippen LogP contribution in [0.1, 0.15) is 22.3 Å². The predicted octanol–water partition coefficient (Wildman–Crippen LogP) is 0.757. The van der Waals surface area contributed by atoms with Crippen molar-refractivity contribution in [2.75, 3.05) is 11.4 Å². The first-order valence-electron chi connectivity index (χ1n) is 5.39. The third-order valence-corrected chi connectivity index (χ3v) is 2.90. The number of hydrogen-bond acceptors (Lipinski definition) is 3. The van der Waals surface area contributed by atoms with Crippen LogP contribution in [0.25, 0.3) is 0 Å². The van der Waals surface area contributed by atoms with Crippen molar-refractivity contribution in [2.45, 2.75) is 19.4 Å². The third kappa shape index (κ3) is 2.14. The number of amides is 1. The third-order valence-electron chi connectivity index (χ3n) is 2.90. The molecule has 0 bridgehead atoms. The van der Waals surface area contributed by atoms with Crippen LogP contribution in [0.15, 0.2) is 18.2 Å². The SMILES string of the molecule is Cc1ccc(C(=O)O)cc1N1CC(N)CC1=O. The minimum atomic E-state index is -0.998. The first kappa shape index (κ1) is 11.6. The summed E-state index contributed by atoms with van der Waals surface area (Å²) in [7, 11) is 0. The molecule has 2 rings (SSSR count). The highest BCUT2D eigenvalue weighted by molar-refractivity contribution is 5.98. The van der Waals surface area contributed by atoms with E-state index in [1.165, 1.54) is 12.1 Å². The highest BCUT2D eigenvalue weighted by Gasteiger charge is 2.29. The largest absolute Gasteiger partial charge is 0.478 e. The fraction of sp³-hybridized carbons (Fsp3) is 0.333. The Balaban J connectivity index is 2.41. The van der Waals surface area contributed by atoms with Crippen LogP contribution < -0.4 is 10.6 Å². The van der Waals surface area contributed by atoms with Crippen LogP contribution >= 0.6 is 0 Å². The van der Waals surface area contributed by atoms with Crippen LogP contribution in [0.4, 0.5) is 5.69 Å². The molecular formula is C12H14N2O3. The van der Waals surface area contributed by atoms with Gasteiger partial charge < -0.3 is 15.7 Å². The second-order valence-electron chi connectivity index (χ2n) is 4.27. The molecule has 90 valence electrons. The molecule has 0 radical (unpaired) electrons. The van der Waals surface area contributed by atoms with Crippen molar-refractivity contribution < 1.29 is 14.7 Å². The van der Waals surface area contributed by atoms with Crippen LogP contribution in [0.3, 0.4) is 0 Å². The molecule has 17 heavy (non-hydrogen) atoms. The Morgan fingerprint density at radius 1 is 1.53 bits per heavy atom. The van der Waals surface area contributed by atoms with Crippen molar-refractivity contribution >= 4 is 17.6 Å². The summed E-state index contributed by atoms with van der Waals surface area (Å²) in [6, 6.07) is 4.58. The zero-order chi connectivity index (χ0) is 12.6. The molecule has 1 heterocycles. The van der Waals surface area contributed by atoms with E-state index in [1.807, 2.05) is 6.92 Å². The molecule has 1 saturated heterocycles. The molecule has 0 aromatic heterocycles. The zero-order valence-electron chi connectivity index (χ0n) is 9.51. The van der Waals surface area contributed by atoms with Gasteiger partial charge in [0, 0.05) is 24.7 Å². The number of aryl methyl sites for hydroxylation is 1. The molecule has 5 heteroatoms. The van der Waals surface area contributed by atoms with E-state index in [4.69, 9.17) is 10.8 Å². The van der Waals surface area contributed by atoms with Crippen molar-refractivity contribution in [1.29, 1.82) is 0 Å². The van der Waals surface area contributed by atoms with E-state index in [0.717, 1.165) is 5.56 Å². The number of carboxylic acid groups (broad SMARTS) is 1. The molecule has 1 amide bonds. The lowest BCUT2D eigenvalue weighted by Gasteiger charge is -2.19. The van der Waals surface area contributed by atoms with Crippen LogP contribution in [-0.4, -0.2) is 29.6 Å². The maximum Gasteiger partial charge on any atom is 0.335 e. The van der Waals surface area contributed by atoms with E-state index in [0.29, 0.717) is 18.7 Å². The number of nitrogens with two attached hydrogens (primary N) is 1. The molecule has 1 fully saturated rings. The molecule has 1 aliphatic heterocycles. The summed E-state index contributed by atoms with van der Waals surface area (Å²) in [5.74, 6) is -1.05. The van der Waals surface area contributed by atoms with Crippen LogP contribution in [0, 0.1) is 6.92 Å². The minimum absolute atomic E-state index is 0.0526. The van der Waals surface area contributed by atoms with E-state index >= 15 is 0 Å². The Kier molecular flexibility index (Phi) is 2.85. The molecule has 1 aromatic carbocycles. The fourth-order valence-electron chi connectivity index (χ4n) is 2.00. The van der Waals surface area contributed by atoms with Crippen LogP contribution in [0.5, 0.6) is 0 Å². The lowest BCUT2D eigenvalue weighted by molar-refractivity contribution is -0.117. The number of benzene rings is 1. The van der Waals surface area contributed by atoms with Gasteiger partial charge in [-0.25, -0.2) is 4.79 Å². The van der Waals surface area contributed by atoms with E-state index in [1.54, 1.807) is 11.0 Å². The van der Waals surface area contributed by atoms with Gasteiger partial charge in [-0.1, -0.05) is 6.07 Å². The molecule has 0 aliphatic carbocycles. The Labute approximate surface area is 98.8 Å². The second-order valence-corrected chi connectivity index (χ2v) is 4.27. The van der Waals surface area contributed by atoms with Gasteiger partial charge in [0.05, 0.1) is 5.56 Å². The molecule has 0 saturated carbocycles. The Morgan fingerprint density at radius 2 is 2.24 bits per heavy atom. The number of carboxylic acids is 1. The molecule has 1 aromatic rings. The number of rotatable bonds is 2. The van der Waals surface area contributed by atoms with Crippen molar-refractivity contribution in [3.8, 4) is 0 Å². The first-order valence-corrected chi connectivity index (χ1v) is 5.39. The number of carbonyl (C=O) groups is 2. The maximum atomic E-state index is 11.7. The standard InChI is InChI=1S/C12H14N2O3/c1-7-2-3-8(12(16)17)4-10(7)14-6-9(13)5-11(14)15/h2-4,9H,5-6,13H2,1H3,(H,16,17). The molecule has 1 aliphatic rings. The number of anilines is 1. The molecule has 0 spiro atoms. The quantitative estimate of drug-likeness (QED) is 0.791. The van der Waals surface area contributed by atoms with Crippen molar-refractivity contribution in [3.63, 3.8) is 0 Å². The minimum Gasteiger partial charge on any atom is -0.478 e. The van der Waals surface area contributed by atoms with Gasteiger partial charge in [0.25, 0.3) is 0 Å². The maximum absolute atomic E-state index is 11.7. The number of nitrogens with zero attached hydrogens (tertiary/aromatic N) is 1. The lowest BCUT2D eigenvalue weighted by atomic mass is 10.1. The van der Waals surface area contributed by atoms with Gasteiger partial charge in [0.15, 0.2) is 0 Å². The molecule has 5 nitrogen and oxygen atoms in total. The smallest absolute Gasteiger partial charge is 0.335 e. The molecule has 1 unspecified atom stereocenters. The van der Waals surface area contributed by atoms with E-state index in [-0.39, 0.29) is 17.5 Å². The van der Waals surface area contributed by atoms with Gasteiger partial charge in [-0.2, -0.15) is 0 Å².